The van der Waals surface area contributed by atoms with Gasteiger partial charge in [-0.05, 0) is 23.8 Å². The van der Waals surface area contributed by atoms with E-state index in [0.717, 1.165) is 0 Å². The molecule has 0 radical (unpaired) electrons. The van der Waals surface area contributed by atoms with E-state index in [1.54, 1.807) is 6.07 Å². The molecule has 0 aliphatic heterocycles. The van der Waals surface area contributed by atoms with E-state index in [-0.39, 0.29) is 16.9 Å². The van der Waals surface area contributed by atoms with Crippen LogP contribution in [0.2, 0.25) is 0 Å². The van der Waals surface area contributed by atoms with Crippen molar-refractivity contribution in [1.29, 1.82) is 5.26 Å². The van der Waals surface area contributed by atoms with Gasteiger partial charge in [0.05, 0.1) is 10.6 Å². The number of carbonyl (C=O) groups excluding carboxylic acids is 1. The zero-order valence-electron chi connectivity index (χ0n) is 11.7. The normalized spacial score (nSPS) is 10.7. The number of para-hydroxylation sites is 1. The molecule has 6 nitrogen and oxygen atoms in total. The van der Waals surface area contributed by atoms with Gasteiger partial charge in [0.25, 0.3) is 11.6 Å². The number of carbonyl (C=O) groups is 1. The summed E-state index contributed by atoms with van der Waals surface area (Å²) in [6.45, 7) is 0. The standard InChI is InChI=1S/C16H10FN3O3/c17-14-6-1-2-7-15(14)19-16(21)12(10-18)8-11-4-3-5-13(9-11)20(22)23/h1-9H,(H,19,21)/b12-8+. The Labute approximate surface area is 130 Å². The molecule has 7 heteroatoms. The van der Waals surface area contributed by atoms with E-state index in [1.807, 2.05) is 0 Å². The maximum absolute atomic E-state index is 13.5. The van der Waals surface area contributed by atoms with E-state index < -0.39 is 16.6 Å². The molecule has 23 heavy (non-hydrogen) atoms. The van der Waals surface area contributed by atoms with Crippen LogP contribution in [0.25, 0.3) is 6.08 Å². The predicted octanol–water partition coefficient (Wildman–Crippen LogP) is 3.28. The second-order valence-corrected chi connectivity index (χ2v) is 4.46. The lowest BCUT2D eigenvalue weighted by Gasteiger charge is -2.05. The zero-order chi connectivity index (χ0) is 16.8. The molecule has 0 unspecified atom stereocenters. The molecule has 2 rings (SSSR count). The van der Waals surface area contributed by atoms with E-state index in [9.17, 15) is 19.3 Å². The summed E-state index contributed by atoms with van der Waals surface area (Å²) in [5.74, 6) is -1.43. The van der Waals surface area contributed by atoms with Gasteiger partial charge in [0, 0.05) is 12.1 Å². The van der Waals surface area contributed by atoms with Crippen molar-refractivity contribution in [2.24, 2.45) is 0 Å². The highest BCUT2D eigenvalue weighted by Crippen LogP contribution is 2.17. The first kappa shape index (κ1) is 15.9. The molecule has 2 aromatic carbocycles. The van der Waals surface area contributed by atoms with Gasteiger partial charge in [-0.2, -0.15) is 5.26 Å². The Balaban J connectivity index is 2.27. The van der Waals surface area contributed by atoms with Crippen molar-refractivity contribution in [1.82, 2.24) is 0 Å². The third kappa shape index (κ3) is 3.98. The number of non-ortho nitro benzene ring substituents is 1. The maximum Gasteiger partial charge on any atom is 0.270 e. The number of hydrogen-bond acceptors (Lipinski definition) is 4. The number of nitro benzene ring substituents is 1. The van der Waals surface area contributed by atoms with E-state index >= 15 is 0 Å². The van der Waals surface area contributed by atoms with E-state index in [4.69, 9.17) is 5.26 Å². The predicted molar refractivity (Wildman–Crippen MR) is 81.7 cm³/mol. The molecule has 2 aromatic rings. The molecule has 0 spiro atoms. The van der Waals surface area contributed by atoms with Crippen LogP contribution >= 0.6 is 0 Å². The van der Waals surface area contributed by atoms with E-state index in [1.165, 1.54) is 54.6 Å². The van der Waals surface area contributed by atoms with Crippen LogP contribution in [0, 0.1) is 27.3 Å². The number of rotatable bonds is 4. The molecule has 114 valence electrons. The average molecular weight is 311 g/mol. The van der Waals surface area contributed by atoms with Gasteiger partial charge in [-0.15, -0.1) is 0 Å². The van der Waals surface area contributed by atoms with Crippen molar-refractivity contribution in [3.05, 3.63) is 75.6 Å². The molecule has 0 saturated heterocycles. The number of halogens is 1. The fraction of sp³-hybridized carbons (Fsp3) is 0. The van der Waals surface area contributed by atoms with E-state index in [0.29, 0.717) is 5.56 Å². The lowest BCUT2D eigenvalue weighted by molar-refractivity contribution is -0.384. The van der Waals surface area contributed by atoms with Gasteiger partial charge in [0.2, 0.25) is 0 Å². The number of benzene rings is 2. The van der Waals surface area contributed by atoms with Gasteiger partial charge >= 0.3 is 0 Å². The van der Waals surface area contributed by atoms with Gasteiger partial charge in [-0.1, -0.05) is 24.3 Å². The van der Waals surface area contributed by atoms with Crippen LogP contribution in [0.4, 0.5) is 15.8 Å². The van der Waals surface area contributed by atoms with E-state index in [2.05, 4.69) is 5.32 Å². The van der Waals surface area contributed by atoms with Gasteiger partial charge in [0.15, 0.2) is 0 Å². The quantitative estimate of drug-likeness (QED) is 0.405. The number of amides is 1. The minimum Gasteiger partial charge on any atom is -0.319 e. The summed E-state index contributed by atoms with van der Waals surface area (Å²) in [7, 11) is 0. The molecule has 0 atom stereocenters. The summed E-state index contributed by atoms with van der Waals surface area (Å²) in [6.07, 6.45) is 1.20. The van der Waals surface area contributed by atoms with Crippen molar-refractivity contribution < 1.29 is 14.1 Å². The van der Waals surface area contributed by atoms with Crippen molar-refractivity contribution in [3.8, 4) is 6.07 Å². The Bertz CT molecular complexity index is 840. The smallest absolute Gasteiger partial charge is 0.270 e. The summed E-state index contributed by atoms with van der Waals surface area (Å²) in [5, 5.41) is 22.1. The van der Waals surface area contributed by atoms with Crippen molar-refractivity contribution >= 4 is 23.4 Å². The average Bonchev–Trinajstić information content (AvgIpc) is 2.55. The number of nitrogens with zero attached hydrogens (tertiary/aromatic N) is 2. The molecular weight excluding hydrogens is 301 g/mol. The number of nitrogens with one attached hydrogen (secondary N) is 1. The third-order valence-corrected chi connectivity index (χ3v) is 2.88. The van der Waals surface area contributed by atoms with Crippen LogP contribution in [-0.4, -0.2) is 10.8 Å². The maximum atomic E-state index is 13.5. The highest BCUT2D eigenvalue weighted by atomic mass is 19.1. The van der Waals surface area contributed by atoms with Gasteiger partial charge < -0.3 is 5.32 Å². The Hall–Kier alpha value is -3.53. The van der Waals surface area contributed by atoms with Crippen LogP contribution in [0.15, 0.2) is 54.1 Å². The molecule has 1 amide bonds. The van der Waals surface area contributed by atoms with Crippen molar-refractivity contribution in [2.75, 3.05) is 5.32 Å². The summed E-state index contributed by atoms with van der Waals surface area (Å²) in [5.41, 5.74) is -0.198. The SMILES string of the molecule is N#C/C(=C\c1cccc([N+](=O)[O-])c1)C(=O)Nc1ccccc1F. The third-order valence-electron chi connectivity index (χ3n) is 2.88. The van der Waals surface area contributed by atoms with Crippen LogP contribution in [0.5, 0.6) is 0 Å². The lowest BCUT2D eigenvalue weighted by atomic mass is 10.1. The molecular formula is C16H10FN3O3. The molecule has 0 aliphatic rings. The summed E-state index contributed by atoms with van der Waals surface area (Å²) >= 11 is 0. The van der Waals surface area contributed by atoms with Crippen LogP contribution in [0.3, 0.4) is 0 Å². The largest absolute Gasteiger partial charge is 0.319 e. The Kier molecular flexibility index (Phi) is 4.79. The lowest BCUT2D eigenvalue weighted by Crippen LogP contribution is -2.14. The second-order valence-electron chi connectivity index (χ2n) is 4.46. The zero-order valence-corrected chi connectivity index (χ0v) is 11.7. The fourth-order valence-electron chi connectivity index (χ4n) is 1.80. The van der Waals surface area contributed by atoms with Gasteiger partial charge in [-0.25, -0.2) is 4.39 Å². The van der Waals surface area contributed by atoms with Gasteiger partial charge in [0.1, 0.15) is 17.5 Å². The summed E-state index contributed by atoms with van der Waals surface area (Å²) in [6, 6.07) is 12.7. The molecule has 0 fully saturated rings. The molecule has 0 aliphatic carbocycles. The molecule has 0 bridgehead atoms. The minimum absolute atomic E-state index is 0.0577. The monoisotopic (exact) mass is 311 g/mol. The fourth-order valence-corrected chi connectivity index (χ4v) is 1.80. The first-order chi connectivity index (χ1) is 11.0. The highest BCUT2D eigenvalue weighted by molar-refractivity contribution is 6.09. The molecule has 1 N–H and O–H groups in total. The second kappa shape index (κ2) is 6.95. The first-order valence-electron chi connectivity index (χ1n) is 6.43. The van der Waals surface area contributed by atoms with Crippen LogP contribution in [-0.2, 0) is 4.79 Å². The van der Waals surface area contributed by atoms with Crippen molar-refractivity contribution in [3.63, 3.8) is 0 Å². The van der Waals surface area contributed by atoms with Crippen molar-refractivity contribution in [2.45, 2.75) is 0 Å². The number of nitro groups is 1. The highest BCUT2D eigenvalue weighted by Gasteiger charge is 2.12. The molecule has 0 saturated carbocycles. The Morgan fingerprint density at radius 2 is 2.00 bits per heavy atom. The Morgan fingerprint density at radius 1 is 1.26 bits per heavy atom. The number of hydrogen-bond donors (Lipinski definition) is 1. The minimum atomic E-state index is -0.802. The molecule has 0 aromatic heterocycles. The summed E-state index contributed by atoms with van der Waals surface area (Å²) < 4.78 is 13.5. The molecule has 0 heterocycles. The number of nitriles is 1. The first-order valence-corrected chi connectivity index (χ1v) is 6.43. The van der Waals surface area contributed by atoms with Gasteiger partial charge in [-0.3, -0.25) is 14.9 Å². The Morgan fingerprint density at radius 3 is 2.65 bits per heavy atom. The topological polar surface area (TPSA) is 96.0 Å². The van der Waals surface area contributed by atoms with Crippen LogP contribution in [0.1, 0.15) is 5.56 Å². The van der Waals surface area contributed by atoms with Crippen LogP contribution < -0.4 is 5.32 Å². The summed E-state index contributed by atoms with van der Waals surface area (Å²) in [4.78, 5) is 22.2. The number of anilines is 1.